The van der Waals surface area contributed by atoms with Crippen LogP contribution in [0.15, 0.2) is 36.8 Å². The van der Waals surface area contributed by atoms with E-state index in [2.05, 4.69) is 31.5 Å². The predicted octanol–water partition coefficient (Wildman–Crippen LogP) is 4.13. The van der Waals surface area contributed by atoms with Gasteiger partial charge in [-0.2, -0.15) is 0 Å². The van der Waals surface area contributed by atoms with Gasteiger partial charge in [0.1, 0.15) is 23.5 Å². The van der Waals surface area contributed by atoms with Crippen LogP contribution in [0.5, 0.6) is 0 Å². The van der Waals surface area contributed by atoms with E-state index in [-0.39, 0.29) is 11.3 Å². The Morgan fingerprint density at radius 3 is 2.33 bits per heavy atom. The Morgan fingerprint density at radius 1 is 1.03 bits per heavy atom. The Morgan fingerprint density at radius 2 is 1.77 bits per heavy atom. The number of ether oxygens (including phenoxy) is 1. The quantitative estimate of drug-likeness (QED) is 0.481. The molecule has 152 valence electrons. The van der Waals surface area contributed by atoms with E-state index >= 15 is 0 Å². The molecule has 0 bridgehead atoms. The summed E-state index contributed by atoms with van der Waals surface area (Å²) in [6.07, 6.45) is 4.37. The second kappa shape index (κ2) is 9.23. The molecule has 0 radical (unpaired) electrons. The average Bonchev–Trinajstić information content (AvgIpc) is 2.77. The van der Waals surface area contributed by atoms with E-state index < -0.39 is 23.2 Å². The van der Waals surface area contributed by atoms with Crippen molar-refractivity contribution in [2.75, 3.05) is 7.11 Å². The lowest BCUT2D eigenvalue weighted by Gasteiger charge is -2.10. The van der Waals surface area contributed by atoms with Gasteiger partial charge in [0, 0.05) is 23.0 Å². The molecule has 0 atom stereocenters. The molecule has 2 heterocycles. The molecule has 2 aromatic heterocycles. The third-order valence-corrected chi connectivity index (χ3v) is 4.48. The summed E-state index contributed by atoms with van der Waals surface area (Å²) in [5.41, 5.74) is 2.44. The van der Waals surface area contributed by atoms with E-state index in [0.29, 0.717) is 23.2 Å². The van der Waals surface area contributed by atoms with Gasteiger partial charge in [-0.1, -0.05) is 25.7 Å². The van der Waals surface area contributed by atoms with Crippen molar-refractivity contribution in [1.29, 1.82) is 0 Å². The van der Waals surface area contributed by atoms with Crippen LogP contribution >= 0.6 is 0 Å². The number of carbonyl (C=O) groups excluding carboxylic acids is 1. The minimum atomic E-state index is -1.09. The van der Waals surface area contributed by atoms with Gasteiger partial charge in [-0.3, -0.25) is 4.98 Å². The smallest absolute Gasteiger partial charge is 0.343 e. The summed E-state index contributed by atoms with van der Waals surface area (Å²) in [5.74, 6) is 2.87. The number of methoxy groups -OCH3 is 1. The molecule has 3 rings (SSSR count). The van der Waals surface area contributed by atoms with E-state index in [1.54, 1.807) is 6.20 Å². The highest BCUT2D eigenvalue weighted by molar-refractivity contribution is 5.90. The highest BCUT2D eigenvalue weighted by Gasteiger charge is 2.21. The highest BCUT2D eigenvalue weighted by atomic mass is 19.1. The van der Waals surface area contributed by atoms with Gasteiger partial charge in [-0.15, -0.1) is 0 Å². The predicted molar refractivity (Wildman–Crippen MR) is 108 cm³/mol. The second-order valence-electron chi connectivity index (χ2n) is 6.35. The molecular formula is C23H19F2N3O2. The first kappa shape index (κ1) is 21.1. The van der Waals surface area contributed by atoms with Gasteiger partial charge < -0.3 is 4.74 Å². The summed E-state index contributed by atoms with van der Waals surface area (Å²) in [6.45, 7) is 3.91. The van der Waals surface area contributed by atoms with Crippen molar-refractivity contribution in [3.05, 3.63) is 76.5 Å². The first-order valence-electron chi connectivity index (χ1n) is 9.37. The molecule has 0 N–H and O–H groups in total. The maximum atomic E-state index is 14.4. The van der Waals surface area contributed by atoms with Crippen LogP contribution in [0.1, 0.15) is 46.7 Å². The minimum absolute atomic E-state index is 0.151. The molecule has 0 unspecified atom stereocenters. The van der Waals surface area contributed by atoms with Crippen molar-refractivity contribution in [2.24, 2.45) is 0 Å². The number of pyridine rings is 1. The number of benzene rings is 1. The number of carbonyl (C=O) groups is 1. The molecule has 0 aliphatic carbocycles. The van der Waals surface area contributed by atoms with E-state index in [4.69, 9.17) is 0 Å². The van der Waals surface area contributed by atoms with E-state index in [9.17, 15) is 13.6 Å². The molecule has 0 saturated heterocycles. The lowest BCUT2D eigenvalue weighted by atomic mass is 10.0. The molecule has 5 nitrogen and oxygen atoms in total. The van der Waals surface area contributed by atoms with Gasteiger partial charge in [0.2, 0.25) is 0 Å². The topological polar surface area (TPSA) is 65.0 Å². The molecule has 3 aromatic rings. The zero-order valence-corrected chi connectivity index (χ0v) is 16.8. The number of hydrogen-bond donors (Lipinski definition) is 0. The van der Waals surface area contributed by atoms with Gasteiger partial charge in [0.15, 0.2) is 0 Å². The third kappa shape index (κ3) is 4.33. The maximum Gasteiger partial charge on any atom is 0.343 e. The Hall–Kier alpha value is -3.66. The van der Waals surface area contributed by atoms with Crippen molar-refractivity contribution < 1.29 is 18.3 Å². The number of hydrogen-bond acceptors (Lipinski definition) is 5. The van der Waals surface area contributed by atoms with Gasteiger partial charge in [-0.05, 0) is 37.1 Å². The zero-order chi connectivity index (χ0) is 21.7. The molecule has 0 aliphatic rings. The first-order valence-corrected chi connectivity index (χ1v) is 9.37. The second-order valence-corrected chi connectivity index (χ2v) is 6.35. The molecule has 0 spiro atoms. The fourth-order valence-electron chi connectivity index (χ4n) is 2.89. The van der Waals surface area contributed by atoms with Gasteiger partial charge in [0.05, 0.1) is 24.1 Å². The fraction of sp³-hybridized carbons (Fsp3) is 0.217. The van der Waals surface area contributed by atoms with Crippen molar-refractivity contribution in [3.63, 3.8) is 0 Å². The van der Waals surface area contributed by atoms with Gasteiger partial charge in [-0.25, -0.2) is 23.5 Å². The Kier molecular flexibility index (Phi) is 6.48. The van der Waals surface area contributed by atoms with Crippen molar-refractivity contribution in [3.8, 4) is 23.1 Å². The lowest BCUT2D eigenvalue weighted by molar-refractivity contribution is 0.0590. The van der Waals surface area contributed by atoms with Gasteiger partial charge in [0.25, 0.3) is 0 Å². The maximum absolute atomic E-state index is 14.4. The van der Waals surface area contributed by atoms with Crippen LogP contribution in [0.25, 0.3) is 11.3 Å². The molecule has 0 fully saturated rings. The summed E-state index contributed by atoms with van der Waals surface area (Å²) >= 11 is 0. The molecule has 30 heavy (non-hydrogen) atoms. The Labute approximate surface area is 173 Å². The Balaban J connectivity index is 2.11. The number of halogens is 2. The lowest BCUT2D eigenvalue weighted by Crippen LogP contribution is -2.08. The van der Waals surface area contributed by atoms with Crippen LogP contribution in [-0.4, -0.2) is 28.0 Å². The number of esters is 1. The number of rotatable bonds is 4. The van der Waals surface area contributed by atoms with Gasteiger partial charge >= 0.3 is 5.97 Å². The van der Waals surface area contributed by atoms with Crippen LogP contribution in [0.2, 0.25) is 0 Å². The SMILES string of the molecule is CCc1ccc(C#Cc2c(CC)ncnc2-c2cc(F)c(C(=O)OC)c(F)c2)cn1. The molecular weight excluding hydrogens is 388 g/mol. The first-order chi connectivity index (χ1) is 14.5. The molecule has 0 amide bonds. The van der Waals surface area contributed by atoms with Crippen LogP contribution in [0.4, 0.5) is 8.78 Å². The van der Waals surface area contributed by atoms with Crippen molar-refractivity contribution in [1.82, 2.24) is 15.0 Å². The van der Waals surface area contributed by atoms with E-state index in [1.807, 2.05) is 26.0 Å². The van der Waals surface area contributed by atoms with Crippen molar-refractivity contribution >= 4 is 5.97 Å². The largest absolute Gasteiger partial charge is 0.465 e. The van der Waals surface area contributed by atoms with E-state index in [0.717, 1.165) is 31.4 Å². The fourth-order valence-corrected chi connectivity index (χ4v) is 2.89. The summed E-state index contributed by atoms with van der Waals surface area (Å²) in [6, 6.07) is 5.83. The summed E-state index contributed by atoms with van der Waals surface area (Å²) < 4.78 is 33.3. The number of aryl methyl sites for hydroxylation is 2. The monoisotopic (exact) mass is 407 g/mol. The summed E-state index contributed by atoms with van der Waals surface area (Å²) in [5, 5.41) is 0. The minimum Gasteiger partial charge on any atom is -0.465 e. The molecule has 0 aliphatic heterocycles. The molecule has 7 heteroatoms. The number of nitrogens with zero attached hydrogens (tertiary/aromatic N) is 3. The Bertz CT molecular complexity index is 1130. The van der Waals surface area contributed by atoms with Crippen LogP contribution in [0, 0.1) is 23.5 Å². The third-order valence-electron chi connectivity index (χ3n) is 4.48. The summed E-state index contributed by atoms with van der Waals surface area (Å²) in [7, 11) is 1.06. The van der Waals surface area contributed by atoms with Crippen LogP contribution < -0.4 is 0 Å². The molecule has 1 aromatic carbocycles. The zero-order valence-electron chi connectivity index (χ0n) is 16.8. The summed E-state index contributed by atoms with van der Waals surface area (Å²) in [4.78, 5) is 24.4. The average molecular weight is 407 g/mol. The van der Waals surface area contributed by atoms with E-state index in [1.165, 1.54) is 6.33 Å². The van der Waals surface area contributed by atoms with Crippen LogP contribution in [0.3, 0.4) is 0 Å². The van der Waals surface area contributed by atoms with Crippen LogP contribution in [-0.2, 0) is 17.6 Å². The highest BCUT2D eigenvalue weighted by Crippen LogP contribution is 2.27. The standard InChI is InChI=1S/C23H19F2N3O2/c1-4-16-8-6-14(12-26-16)7-9-17-20(5-2)27-13-28-22(17)15-10-18(24)21(19(25)11-15)23(29)30-3/h6,8,10-13H,4-5H2,1-3H3. The molecule has 0 saturated carbocycles. The number of aromatic nitrogens is 3. The van der Waals surface area contributed by atoms with Crippen molar-refractivity contribution in [2.45, 2.75) is 26.7 Å². The normalized spacial score (nSPS) is 10.3.